The van der Waals surface area contributed by atoms with Crippen molar-refractivity contribution in [2.45, 2.75) is 26.6 Å². The van der Waals surface area contributed by atoms with E-state index >= 15 is 0 Å². The highest BCUT2D eigenvalue weighted by molar-refractivity contribution is 14.0. The Morgan fingerprint density at radius 3 is 2.27 bits per heavy atom. The molecule has 1 amide bonds. The van der Waals surface area contributed by atoms with Crippen molar-refractivity contribution < 1.29 is 18.0 Å². The molecule has 0 unspecified atom stereocenters. The number of piperazine rings is 1. The van der Waals surface area contributed by atoms with Gasteiger partial charge < -0.3 is 15.1 Å². The number of aliphatic imine (C=N–C) groups is 1. The molecule has 0 aliphatic carbocycles. The fraction of sp³-hybridized carbons (Fsp3) is 0.600. The van der Waals surface area contributed by atoms with Crippen LogP contribution >= 0.6 is 24.0 Å². The van der Waals surface area contributed by atoms with Crippen LogP contribution in [0.4, 0.5) is 13.2 Å². The van der Waals surface area contributed by atoms with Crippen LogP contribution < -0.4 is 5.32 Å². The summed E-state index contributed by atoms with van der Waals surface area (Å²) in [4.78, 5) is 22.1. The first-order chi connectivity index (χ1) is 13.7. The second-order valence-corrected chi connectivity index (χ2v) is 7.13. The summed E-state index contributed by atoms with van der Waals surface area (Å²) >= 11 is 0. The van der Waals surface area contributed by atoms with Gasteiger partial charge in [0, 0.05) is 59.8 Å². The van der Waals surface area contributed by atoms with E-state index in [1.54, 1.807) is 6.92 Å². The van der Waals surface area contributed by atoms with Crippen LogP contribution in [0, 0.1) is 0 Å². The minimum Gasteiger partial charge on any atom is -0.357 e. The summed E-state index contributed by atoms with van der Waals surface area (Å²) < 4.78 is 38.1. The van der Waals surface area contributed by atoms with Crippen molar-refractivity contribution in [2.24, 2.45) is 4.99 Å². The number of hydrogen-bond acceptors (Lipinski definition) is 3. The largest absolute Gasteiger partial charge is 0.416 e. The Hall–Kier alpha value is -1.56. The van der Waals surface area contributed by atoms with E-state index in [9.17, 15) is 18.0 Å². The Bertz CT molecular complexity index is 689. The van der Waals surface area contributed by atoms with Crippen molar-refractivity contribution in [3.63, 3.8) is 0 Å². The number of rotatable bonds is 6. The number of nitrogens with one attached hydrogen (secondary N) is 1. The van der Waals surface area contributed by atoms with E-state index < -0.39 is 11.7 Å². The third-order valence-corrected chi connectivity index (χ3v) is 4.89. The van der Waals surface area contributed by atoms with Crippen LogP contribution in [-0.2, 0) is 17.5 Å². The van der Waals surface area contributed by atoms with Crippen LogP contribution in [-0.4, -0.2) is 79.4 Å². The number of halogens is 4. The van der Waals surface area contributed by atoms with Gasteiger partial charge in [0.25, 0.3) is 0 Å². The average Bonchev–Trinajstić information content (AvgIpc) is 2.67. The molecule has 10 heteroatoms. The molecule has 0 radical (unpaired) electrons. The highest BCUT2D eigenvalue weighted by Crippen LogP contribution is 2.29. The minimum absolute atomic E-state index is 0. The first kappa shape index (κ1) is 26.5. The molecule has 1 aromatic rings. The molecule has 170 valence electrons. The van der Waals surface area contributed by atoms with Crippen LogP contribution in [0.1, 0.15) is 25.0 Å². The van der Waals surface area contributed by atoms with Crippen molar-refractivity contribution in [2.75, 3.05) is 52.9 Å². The molecule has 2 rings (SSSR count). The monoisotopic (exact) mass is 541 g/mol. The van der Waals surface area contributed by atoms with E-state index in [1.807, 2.05) is 23.8 Å². The van der Waals surface area contributed by atoms with E-state index in [4.69, 9.17) is 0 Å². The second kappa shape index (κ2) is 12.3. The molecule has 0 spiro atoms. The Balaban J connectivity index is 0.00000450. The summed E-state index contributed by atoms with van der Waals surface area (Å²) in [7, 11) is 1.87. The highest BCUT2D eigenvalue weighted by Gasteiger charge is 2.30. The first-order valence-electron chi connectivity index (χ1n) is 9.84. The maximum absolute atomic E-state index is 12.7. The van der Waals surface area contributed by atoms with Crippen molar-refractivity contribution in [3.05, 3.63) is 35.4 Å². The number of benzene rings is 1. The molecule has 6 nitrogen and oxygen atoms in total. The van der Waals surface area contributed by atoms with Gasteiger partial charge in [-0.3, -0.25) is 14.7 Å². The summed E-state index contributed by atoms with van der Waals surface area (Å²) in [6.45, 7) is 9.31. The van der Waals surface area contributed by atoms with E-state index in [0.29, 0.717) is 19.6 Å². The molecule has 1 N–H and O–H groups in total. The van der Waals surface area contributed by atoms with Gasteiger partial charge in [-0.25, -0.2) is 0 Å². The quantitative estimate of drug-likeness (QED) is 0.342. The maximum atomic E-state index is 12.7. The first-order valence-corrected chi connectivity index (χ1v) is 9.84. The Morgan fingerprint density at radius 1 is 1.17 bits per heavy atom. The molecule has 0 bridgehead atoms. The third-order valence-electron chi connectivity index (χ3n) is 4.89. The SMILES string of the molecule is CCNC(=NCCN1CCN(C(C)=O)CC1)N(C)Cc1ccc(C(F)(F)F)cc1.I. The van der Waals surface area contributed by atoms with Crippen LogP contribution in [0.25, 0.3) is 0 Å². The average molecular weight is 541 g/mol. The fourth-order valence-electron chi connectivity index (χ4n) is 3.20. The van der Waals surface area contributed by atoms with E-state index in [0.717, 1.165) is 56.4 Å². The van der Waals surface area contributed by atoms with Gasteiger partial charge in [0.1, 0.15) is 0 Å². The number of hydrogen-bond donors (Lipinski definition) is 1. The Morgan fingerprint density at radius 2 is 1.77 bits per heavy atom. The number of carbonyl (C=O) groups is 1. The number of nitrogens with zero attached hydrogens (tertiary/aromatic N) is 4. The van der Waals surface area contributed by atoms with E-state index in [1.165, 1.54) is 12.1 Å². The summed E-state index contributed by atoms with van der Waals surface area (Å²) in [6, 6.07) is 5.21. The molecule has 30 heavy (non-hydrogen) atoms. The Kier molecular flexibility index (Phi) is 10.9. The summed E-state index contributed by atoms with van der Waals surface area (Å²) in [5, 5.41) is 3.22. The lowest BCUT2D eigenvalue weighted by Crippen LogP contribution is -2.48. The topological polar surface area (TPSA) is 51.2 Å². The highest BCUT2D eigenvalue weighted by atomic mass is 127. The van der Waals surface area contributed by atoms with Crippen LogP contribution in [0.2, 0.25) is 0 Å². The fourth-order valence-corrected chi connectivity index (χ4v) is 3.20. The summed E-state index contributed by atoms with van der Waals surface area (Å²) in [5.41, 5.74) is 0.140. The number of amides is 1. The molecule has 1 fully saturated rings. The van der Waals surface area contributed by atoms with Gasteiger partial charge in [-0.2, -0.15) is 13.2 Å². The molecule has 1 aliphatic rings. The second-order valence-electron chi connectivity index (χ2n) is 7.13. The molecular formula is C20H31F3IN5O. The van der Waals surface area contributed by atoms with E-state index in [-0.39, 0.29) is 29.9 Å². The van der Waals surface area contributed by atoms with Crippen LogP contribution in [0.5, 0.6) is 0 Å². The van der Waals surface area contributed by atoms with Crippen LogP contribution in [0.15, 0.2) is 29.3 Å². The predicted octanol–water partition coefficient (Wildman–Crippen LogP) is 2.88. The zero-order chi connectivity index (χ0) is 21.4. The molecule has 1 saturated heterocycles. The molecule has 0 saturated carbocycles. The zero-order valence-corrected chi connectivity index (χ0v) is 20.0. The van der Waals surface area contributed by atoms with Crippen molar-refractivity contribution in [1.82, 2.24) is 20.0 Å². The standard InChI is InChI=1S/C20H30F3N5O.HI/c1-4-24-19(25-9-10-27-11-13-28(14-12-27)16(2)29)26(3)15-17-5-7-18(8-6-17)20(21,22)23;/h5-8H,4,9-15H2,1-3H3,(H,24,25);1H. The number of guanidine groups is 1. The van der Waals surface area contributed by atoms with Crippen molar-refractivity contribution in [1.29, 1.82) is 0 Å². The van der Waals surface area contributed by atoms with Gasteiger partial charge in [0.2, 0.25) is 5.91 Å². The molecule has 1 heterocycles. The van der Waals surface area contributed by atoms with Crippen LogP contribution in [0.3, 0.4) is 0 Å². The predicted molar refractivity (Wildman–Crippen MR) is 123 cm³/mol. The third kappa shape index (κ3) is 8.29. The molecule has 0 aromatic heterocycles. The lowest BCUT2D eigenvalue weighted by Gasteiger charge is -2.33. The molecular weight excluding hydrogens is 510 g/mol. The smallest absolute Gasteiger partial charge is 0.357 e. The normalized spacial score (nSPS) is 15.5. The van der Waals surface area contributed by atoms with Gasteiger partial charge in [-0.15, -0.1) is 24.0 Å². The lowest BCUT2D eigenvalue weighted by molar-refractivity contribution is -0.137. The van der Waals surface area contributed by atoms with Gasteiger partial charge in [0.15, 0.2) is 5.96 Å². The van der Waals surface area contributed by atoms with Gasteiger partial charge >= 0.3 is 6.18 Å². The summed E-state index contributed by atoms with van der Waals surface area (Å²) in [5.74, 6) is 0.830. The zero-order valence-electron chi connectivity index (χ0n) is 17.7. The van der Waals surface area contributed by atoms with Gasteiger partial charge in [-0.1, -0.05) is 12.1 Å². The summed E-state index contributed by atoms with van der Waals surface area (Å²) in [6.07, 6.45) is -4.32. The van der Waals surface area contributed by atoms with Gasteiger partial charge in [-0.05, 0) is 24.6 Å². The minimum atomic E-state index is -4.32. The van der Waals surface area contributed by atoms with Crippen molar-refractivity contribution >= 4 is 35.8 Å². The molecule has 0 atom stereocenters. The molecule has 1 aromatic carbocycles. The number of alkyl halides is 3. The molecule has 1 aliphatic heterocycles. The maximum Gasteiger partial charge on any atom is 0.416 e. The Labute approximate surface area is 193 Å². The van der Waals surface area contributed by atoms with Gasteiger partial charge in [0.05, 0.1) is 12.1 Å². The lowest BCUT2D eigenvalue weighted by atomic mass is 10.1. The number of carbonyl (C=O) groups excluding carboxylic acids is 1. The van der Waals surface area contributed by atoms with Crippen molar-refractivity contribution in [3.8, 4) is 0 Å². The van der Waals surface area contributed by atoms with E-state index in [2.05, 4.69) is 15.2 Å².